The van der Waals surface area contributed by atoms with E-state index in [4.69, 9.17) is 5.11 Å². The molecule has 0 bridgehead atoms. The maximum Gasteiger partial charge on any atom is 0.422 e. The minimum absolute atomic E-state index is 0.451. The molecule has 0 saturated heterocycles. The molecule has 0 aliphatic rings. The summed E-state index contributed by atoms with van der Waals surface area (Å²) in [5, 5.41) is 8.58. The lowest BCUT2D eigenvalue weighted by Gasteiger charge is -2.20. The van der Waals surface area contributed by atoms with Gasteiger partial charge in [0.2, 0.25) is 0 Å². The highest BCUT2D eigenvalue weighted by Crippen LogP contribution is 2.27. The molecule has 1 N–H and O–H groups in total. The Hall–Kier alpha value is -0.580. The van der Waals surface area contributed by atoms with Crippen molar-refractivity contribution in [1.29, 1.82) is 0 Å². The second-order valence-electron chi connectivity index (χ2n) is 2.03. The second-order valence-corrected chi connectivity index (χ2v) is 2.03. The van der Waals surface area contributed by atoms with E-state index in [-0.39, 0.29) is 0 Å². The van der Waals surface area contributed by atoms with Crippen molar-refractivity contribution in [2.45, 2.75) is 18.7 Å². The predicted molar refractivity (Wildman–Crippen MR) is 31.1 cm³/mol. The summed E-state index contributed by atoms with van der Waals surface area (Å²) in [5.74, 6) is 0. The van der Waals surface area contributed by atoms with Crippen LogP contribution in [0.1, 0.15) is 6.92 Å². The summed E-state index contributed by atoms with van der Waals surface area (Å²) in [6.45, 7) is 0.639. The number of nitrogens with zero attached hydrogens (tertiary/aromatic N) is 1. The van der Waals surface area contributed by atoms with Gasteiger partial charge in [-0.2, -0.15) is 13.2 Å². The number of hydrogen-bond acceptors (Lipinski definition) is 2. The summed E-state index contributed by atoms with van der Waals surface area (Å²) >= 11 is 0. The van der Waals surface area contributed by atoms with E-state index in [1.54, 1.807) is 0 Å². The lowest BCUT2D eigenvalue weighted by Crippen LogP contribution is -2.43. The first-order valence-electron chi connectivity index (χ1n) is 2.53. The van der Waals surface area contributed by atoms with Crippen molar-refractivity contribution in [2.75, 3.05) is 7.05 Å². The van der Waals surface area contributed by atoms with Crippen molar-refractivity contribution in [3.63, 3.8) is 0 Å². The topological polar surface area (TPSA) is 32.6 Å². The lowest BCUT2D eigenvalue weighted by atomic mass is 10.1. The molecular formula is C5H8F3NO. The average molecular weight is 155 g/mol. The van der Waals surface area contributed by atoms with Crippen LogP contribution in [-0.4, -0.2) is 30.1 Å². The number of alkyl halides is 3. The van der Waals surface area contributed by atoms with Gasteiger partial charge in [0, 0.05) is 13.3 Å². The third kappa shape index (κ3) is 1.98. The molecule has 60 valence electrons. The van der Waals surface area contributed by atoms with Gasteiger partial charge in [-0.15, -0.1) is 0 Å². The summed E-state index contributed by atoms with van der Waals surface area (Å²) in [6, 6.07) is 0. The first kappa shape index (κ1) is 9.42. The molecule has 0 radical (unpaired) electrons. The lowest BCUT2D eigenvalue weighted by molar-refractivity contribution is -0.221. The smallest absolute Gasteiger partial charge is 0.376 e. The zero-order valence-electron chi connectivity index (χ0n) is 5.61. The third-order valence-electron chi connectivity index (χ3n) is 0.954. The molecule has 0 rings (SSSR count). The van der Waals surface area contributed by atoms with Gasteiger partial charge in [0.05, 0.1) is 0 Å². The zero-order chi connectivity index (χ0) is 8.41. The molecule has 10 heavy (non-hydrogen) atoms. The van der Waals surface area contributed by atoms with Crippen LogP contribution in [0, 0.1) is 0 Å². The minimum atomic E-state index is -4.65. The second kappa shape index (κ2) is 2.57. The van der Waals surface area contributed by atoms with E-state index in [0.717, 1.165) is 0 Å². The van der Waals surface area contributed by atoms with E-state index >= 15 is 0 Å². The van der Waals surface area contributed by atoms with Crippen LogP contribution < -0.4 is 0 Å². The van der Waals surface area contributed by atoms with E-state index < -0.39 is 11.8 Å². The van der Waals surface area contributed by atoms with Crippen LogP contribution in [0.3, 0.4) is 0 Å². The zero-order valence-corrected chi connectivity index (χ0v) is 5.61. The molecule has 2 nitrogen and oxygen atoms in total. The van der Waals surface area contributed by atoms with Gasteiger partial charge in [-0.1, -0.05) is 0 Å². The summed E-state index contributed by atoms with van der Waals surface area (Å²) in [5.41, 5.74) is -2.80. The van der Waals surface area contributed by atoms with Gasteiger partial charge in [0.25, 0.3) is 0 Å². The molecule has 5 heteroatoms. The largest absolute Gasteiger partial charge is 0.422 e. The molecule has 1 atom stereocenters. The van der Waals surface area contributed by atoms with Crippen LogP contribution in [-0.2, 0) is 0 Å². The molecule has 0 amide bonds. The monoisotopic (exact) mass is 155 g/mol. The molecule has 0 aromatic rings. The molecule has 0 aliphatic carbocycles. The molecule has 0 fully saturated rings. The highest BCUT2D eigenvalue weighted by molar-refractivity contribution is 5.68. The van der Waals surface area contributed by atoms with Crippen LogP contribution >= 0.6 is 0 Å². The van der Waals surface area contributed by atoms with E-state index in [0.29, 0.717) is 13.1 Å². The van der Waals surface area contributed by atoms with Crippen LogP contribution in [0.15, 0.2) is 4.99 Å². The van der Waals surface area contributed by atoms with Crippen LogP contribution in [0.25, 0.3) is 0 Å². The molecule has 0 spiro atoms. The Labute approximate surface area is 56.4 Å². The fraction of sp³-hybridized carbons (Fsp3) is 0.800. The highest BCUT2D eigenvalue weighted by Gasteiger charge is 2.48. The van der Waals surface area contributed by atoms with Crippen LogP contribution in [0.4, 0.5) is 13.2 Å². The van der Waals surface area contributed by atoms with Gasteiger partial charge >= 0.3 is 6.18 Å². The summed E-state index contributed by atoms with van der Waals surface area (Å²) in [6.07, 6.45) is -4.19. The summed E-state index contributed by atoms with van der Waals surface area (Å²) < 4.78 is 35.0. The van der Waals surface area contributed by atoms with Crippen molar-refractivity contribution < 1.29 is 18.3 Å². The predicted octanol–water partition coefficient (Wildman–Crippen LogP) is 1.00. The van der Waals surface area contributed by atoms with E-state index in [9.17, 15) is 13.2 Å². The molecule has 0 aromatic heterocycles. The Morgan fingerprint density at radius 2 is 1.80 bits per heavy atom. The minimum Gasteiger partial charge on any atom is -0.376 e. The van der Waals surface area contributed by atoms with Gasteiger partial charge in [0.15, 0.2) is 5.60 Å². The number of rotatable bonds is 1. The van der Waals surface area contributed by atoms with Crippen LogP contribution in [0.2, 0.25) is 0 Å². The van der Waals surface area contributed by atoms with E-state index in [1.807, 2.05) is 0 Å². The first-order chi connectivity index (χ1) is 4.31. The SMILES string of the molecule is CN=CC(C)(O)C(F)(F)F. The standard InChI is InChI=1S/C5H8F3NO/c1-4(10,3-9-2)5(6,7)8/h3,10H,1-2H3. The molecule has 0 aliphatic heterocycles. The fourth-order valence-corrected chi connectivity index (χ4v) is 0.325. The van der Waals surface area contributed by atoms with Gasteiger partial charge in [0.1, 0.15) is 0 Å². The number of halogens is 3. The summed E-state index contributed by atoms with van der Waals surface area (Å²) in [4.78, 5) is 3.08. The Balaban J connectivity index is 4.40. The van der Waals surface area contributed by atoms with E-state index in [1.165, 1.54) is 7.05 Å². The Morgan fingerprint density at radius 1 is 1.40 bits per heavy atom. The van der Waals surface area contributed by atoms with Crippen molar-refractivity contribution in [2.24, 2.45) is 4.99 Å². The van der Waals surface area contributed by atoms with Crippen molar-refractivity contribution in [1.82, 2.24) is 0 Å². The molecule has 0 aromatic carbocycles. The van der Waals surface area contributed by atoms with Gasteiger partial charge in [-0.05, 0) is 6.92 Å². The maximum absolute atomic E-state index is 11.7. The summed E-state index contributed by atoms with van der Waals surface area (Å²) in [7, 11) is 1.17. The quantitative estimate of drug-likeness (QED) is 0.563. The fourth-order valence-electron chi connectivity index (χ4n) is 0.325. The highest BCUT2D eigenvalue weighted by atomic mass is 19.4. The molecular weight excluding hydrogens is 147 g/mol. The third-order valence-corrected chi connectivity index (χ3v) is 0.954. The molecule has 0 saturated carbocycles. The van der Waals surface area contributed by atoms with Gasteiger partial charge in [-0.25, -0.2) is 0 Å². The van der Waals surface area contributed by atoms with Gasteiger partial charge < -0.3 is 5.11 Å². The Kier molecular flexibility index (Phi) is 2.42. The Morgan fingerprint density at radius 3 is 1.90 bits per heavy atom. The maximum atomic E-state index is 11.7. The number of aliphatic imine (C=N–C) groups is 1. The normalized spacial score (nSPS) is 19.4. The van der Waals surface area contributed by atoms with Crippen molar-refractivity contribution in [3.05, 3.63) is 0 Å². The number of hydrogen-bond donors (Lipinski definition) is 1. The van der Waals surface area contributed by atoms with Crippen molar-refractivity contribution in [3.8, 4) is 0 Å². The Bertz CT molecular complexity index is 138. The average Bonchev–Trinajstić information content (AvgIpc) is 1.61. The van der Waals surface area contributed by atoms with E-state index in [2.05, 4.69) is 4.99 Å². The molecule has 1 unspecified atom stereocenters. The van der Waals surface area contributed by atoms with Gasteiger partial charge in [-0.3, -0.25) is 4.99 Å². The first-order valence-corrected chi connectivity index (χ1v) is 2.53. The molecule has 0 heterocycles. The van der Waals surface area contributed by atoms with Crippen molar-refractivity contribution >= 4 is 6.21 Å². The number of aliphatic hydroxyl groups is 1. The van der Waals surface area contributed by atoms with Crippen LogP contribution in [0.5, 0.6) is 0 Å².